The van der Waals surface area contributed by atoms with E-state index in [1.165, 1.54) is 17.8 Å². The van der Waals surface area contributed by atoms with Gasteiger partial charge in [0, 0.05) is 28.9 Å². The van der Waals surface area contributed by atoms with Crippen molar-refractivity contribution >= 4 is 23.5 Å². The Hall–Kier alpha value is -2.44. The van der Waals surface area contributed by atoms with Crippen LogP contribution in [-0.4, -0.2) is 47.8 Å². The first kappa shape index (κ1) is 18.9. The maximum atomic E-state index is 10.9. The van der Waals surface area contributed by atoms with Gasteiger partial charge in [0.25, 0.3) is 0 Å². The third kappa shape index (κ3) is 5.27. The molecular weight excluding hydrogens is 342 g/mol. The zero-order valence-electron chi connectivity index (χ0n) is 14.1. The lowest BCUT2D eigenvalue weighted by atomic mass is 10.1. The molecule has 6 nitrogen and oxygen atoms in total. The molecule has 0 saturated heterocycles. The lowest BCUT2D eigenvalue weighted by Gasteiger charge is -2.22. The predicted octanol–water partition coefficient (Wildman–Crippen LogP) is 3.55. The second-order valence-electron chi connectivity index (χ2n) is 5.92. The molecule has 25 heavy (non-hydrogen) atoms. The van der Waals surface area contributed by atoms with Crippen LogP contribution in [0.25, 0.3) is 0 Å². The summed E-state index contributed by atoms with van der Waals surface area (Å²) in [5, 5.41) is 21.1. The van der Waals surface area contributed by atoms with Gasteiger partial charge in [-0.05, 0) is 32.1 Å². The van der Waals surface area contributed by atoms with Gasteiger partial charge in [0.05, 0.1) is 11.5 Å². The summed E-state index contributed by atoms with van der Waals surface area (Å²) in [7, 11) is 3.95. The molecule has 2 rings (SSSR count). The molecule has 2 aromatic rings. The summed E-state index contributed by atoms with van der Waals surface area (Å²) in [5.41, 5.74) is 1.01. The van der Waals surface area contributed by atoms with E-state index < -0.39 is 16.4 Å². The highest BCUT2D eigenvalue weighted by molar-refractivity contribution is 6.31. The minimum absolute atomic E-state index is 0.162. The molecule has 0 spiro atoms. The molecule has 0 aliphatic rings. The first-order chi connectivity index (χ1) is 11.9. The number of aliphatic imine (C=N–C) groups is 1. The molecule has 0 fully saturated rings. The maximum absolute atomic E-state index is 10.9. The van der Waals surface area contributed by atoms with Crippen LogP contribution in [0.15, 0.2) is 47.5 Å². The van der Waals surface area contributed by atoms with Gasteiger partial charge in [-0.15, -0.1) is 0 Å². The molecule has 0 amide bonds. The molecule has 1 N–H and O–H groups in total. The van der Waals surface area contributed by atoms with Gasteiger partial charge in [-0.3, -0.25) is 15.1 Å². The van der Waals surface area contributed by atoms with Crippen molar-refractivity contribution in [2.75, 3.05) is 20.6 Å². The second-order valence-corrected chi connectivity index (χ2v) is 6.36. The zero-order chi connectivity index (χ0) is 18.4. The van der Waals surface area contributed by atoms with Gasteiger partial charge in [0.2, 0.25) is 5.75 Å². The fourth-order valence-corrected chi connectivity index (χ4v) is 2.63. The largest absolute Gasteiger partial charge is 0.502 e. The smallest absolute Gasteiger partial charge is 0.312 e. The van der Waals surface area contributed by atoms with Crippen LogP contribution in [0.2, 0.25) is 5.02 Å². The van der Waals surface area contributed by atoms with Gasteiger partial charge in [-0.25, -0.2) is 0 Å². The molecule has 2 aromatic carbocycles. The molecule has 1 atom stereocenters. The number of nitro benzene ring substituents is 1. The molecular formula is C18H20ClN3O3. The Morgan fingerprint density at radius 2 is 2.00 bits per heavy atom. The van der Waals surface area contributed by atoms with Crippen LogP contribution in [0.4, 0.5) is 5.69 Å². The molecule has 0 unspecified atom stereocenters. The number of benzene rings is 2. The van der Waals surface area contributed by atoms with Crippen LogP contribution in [0.5, 0.6) is 5.75 Å². The molecule has 0 saturated carbocycles. The zero-order valence-corrected chi connectivity index (χ0v) is 14.8. The van der Waals surface area contributed by atoms with Gasteiger partial charge < -0.3 is 10.0 Å². The van der Waals surface area contributed by atoms with Crippen molar-refractivity contribution in [1.29, 1.82) is 0 Å². The van der Waals surface area contributed by atoms with Crippen molar-refractivity contribution in [3.05, 3.63) is 68.7 Å². The number of phenols is 1. The van der Waals surface area contributed by atoms with E-state index >= 15 is 0 Å². The number of hydrogen-bond acceptors (Lipinski definition) is 5. The summed E-state index contributed by atoms with van der Waals surface area (Å²) < 4.78 is 0. The Bertz CT molecular complexity index is 764. The Balaban J connectivity index is 2.14. The number of hydrogen-bond donors (Lipinski definition) is 1. The van der Waals surface area contributed by atoms with Crippen molar-refractivity contribution in [3.63, 3.8) is 0 Å². The molecule has 0 aliphatic heterocycles. The van der Waals surface area contributed by atoms with Crippen molar-refractivity contribution in [1.82, 2.24) is 4.90 Å². The number of halogens is 1. The molecule has 0 aliphatic carbocycles. The maximum Gasteiger partial charge on any atom is 0.312 e. The minimum atomic E-state index is -0.670. The summed E-state index contributed by atoms with van der Waals surface area (Å²) in [6.45, 7) is 0.488. The van der Waals surface area contributed by atoms with E-state index in [0.717, 1.165) is 12.5 Å². The number of nitro groups is 1. The highest BCUT2D eigenvalue weighted by Crippen LogP contribution is 2.32. The SMILES string of the molecule is CN(C)[C@H](CN=Cc1cc(Cl)cc([N+](=O)[O-])c1O)Cc1ccccc1. The van der Waals surface area contributed by atoms with Crippen LogP contribution in [0.3, 0.4) is 0 Å². The van der Waals surface area contributed by atoms with E-state index in [2.05, 4.69) is 22.0 Å². The fourth-order valence-electron chi connectivity index (χ4n) is 2.41. The van der Waals surface area contributed by atoms with Crippen LogP contribution in [-0.2, 0) is 6.42 Å². The number of nitrogens with zero attached hydrogens (tertiary/aromatic N) is 3. The average molecular weight is 362 g/mol. The average Bonchev–Trinajstić information content (AvgIpc) is 2.57. The molecule has 0 heterocycles. The molecule has 0 aromatic heterocycles. The standard InChI is InChI=1S/C18H20ClN3O3/c1-21(2)16(8-13-6-4-3-5-7-13)12-20-11-14-9-15(19)10-17(18(14)23)22(24)25/h3-7,9-11,16,23H,8,12H2,1-2H3/t16-/m0/s1. The lowest BCUT2D eigenvalue weighted by molar-refractivity contribution is -0.385. The molecule has 0 bridgehead atoms. The fraction of sp³-hybridized carbons (Fsp3) is 0.278. The Kier molecular flexibility index (Phi) is 6.50. The monoisotopic (exact) mass is 361 g/mol. The summed E-state index contributed by atoms with van der Waals surface area (Å²) in [6.07, 6.45) is 2.25. The van der Waals surface area contributed by atoms with E-state index in [4.69, 9.17) is 11.6 Å². The lowest BCUT2D eigenvalue weighted by Crippen LogP contribution is -2.32. The number of aromatic hydroxyl groups is 1. The predicted molar refractivity (Wildman–Crippen MR) is 99.9 cm³/mol. The second kappa shape index (κ2) is 8.60. The summed E-state index contributed by atoms with van der Waals surface area (Å²) in [5.74, 6) is -0.428. The molecule has 0 radical (unpaired) electrons. The first-order valence-electron chi connectivity index (χ1n) is 7.75. The number of likely N-dealkylation sites (N-methyl/N-ethyl adjacent to an activating group) is 1. The Morgan fingerprint density at radius 1 is 1.32 bits per heavy atom. The highest BCUT2D eigenvalue weighted by Gasteiger charge is 2.18. The molecule has 132 valence electrons. The normalized spacial score (nSPS) is 12.6. The van der Waals surface area contributed by atoms with Crippen LogP contribution >= 0.6 is 11.6 Å². The van der Waals surface area contributed by atoms with Crippen molar-refractivity contribution < 1.29 is 10.0 Å². The molecule has 7 heteroatoms. The van der Waals surface area contributed by atoms with E-state index in [-0.39, 0.29) is 16.6 Å². The van der Waals surface area contributed by atoms with E-state index in [0.29, 0.717) is 6.54 Å². The Labute approximate surface area is 151 Å². The number of rotatable bonds is 7. The summed E-state index contributed by atoms with van der Waals surface area (Å²) >= 11 is 5.88. The summed E-state index contributed by atoms with van der Waals surface area (Å²) in [6, 6.07) is 12.8. The highest BCUT2D eigenvalue weighted by atomic mass is 35.5. The Morgan fingerprint density at radius 3 is 2.60 bits per heavy atom. The third-order valence-electron chi connectivity index (χ3n) is 3.87. The van der Waals surface area contributed by atoms with Gasteiger partial charge in [-0.1, -0.05) is 41.9 Å². The van der Waals surface area contributed by atoms with Gasteiger partial charge >= 0.3 is 5.69 Å². The van der Waals surface area contributed by atoms with Crippen LogP contribution in [0.1, 0.15) is 11.1 Å². The third-order valence-corrected chi connectivity index (χ3v) is 4.09. The topological polar surface area (TPSA) is 79.0 Å². The van der Waals surface area contributed by atoms with Gasteiger partial charge in [-0.2, -0.15) is 0 Å². The van der Waals surface area contributed by atoms with E-state index in [1.807, 2.05) is 32.3 Å². The van der Waals surface area contributed by atoms with Crippen molar-refractivity contribution in [3.8, 4) is 5.75 Å². The van der Waals surface area contributed by atoms with Crippen molar-refractivity contribution in [2.24, 2.45) is 4.99 Å². The number of phenolic OH excluding ortho intramolecular Hbond substituents is 1. The van der Waals surface area contributed by atoms with Gasteiger partial charge in [0.1, 0.15) is 0 Å². The van der Waals surface area contributed by atoms with Crippen LogP contribution < -0.4 is 0 Å². The van der Waals surface area contributed by atoms with Gasteiger partial charge in [0.15, 0.2) is 0 Å². The van der Waals surface area contributed by atoms with E-state index in [9.17, 15) is 15.2 Å². The first-order valence-corrected chi connectivity index (χ1v) is 8.13. The minimum Gasteiger partial charge on any atom is -0.502 e. The van der Waals surface area contributed by atoms with Crippen molar-refractivity contribution in [2.45, 2.75) is 12.5 Å². The quantitative estimate of drug-likeness (QED) is 0.464. The van der Waals surface area contributed by atoms with E-state index in [1.54, 1.807) is 0 Å². The summed E-state index contributed by atoms with van der Waals surface area (Å²) in [4.78, 5) is 16.7. The van der Waals surface area contributed by atoms with Crippen LogP contribution in [0, 0.1) is 10.1 Å².